The summed E-state index contributed by atoms with van der Waals surface area (Å²) in [6.45, 7) is 2.32. The van der Waals surface area contributed by atoms with Gasteiger partial charge in [-0.25, -0.2) is 0 Å². The van der Waals surface area contributed by atoms with Crippen LogP contribution >= 0.6 is 11.3 Å². The Morgan fingerprint density at radius 3 is 2.46 bits per heavy atom. The predicted molar refractivity (Wildman–Crippen MR) is 91.2 cm³/mol. The molecule has 2 aromatic rings. The molecule has 0 N–H and O–H groups in total. The van der Waals surface area contributed by atoms with Crippen LogP contribution < -0.4 is 9.47 Å². The Morgan fingerprint density at radius 2 is 1.92 bits per heavy atom. The number of amides is 1. The summed E-state index contributed by atoms with van der Waals surface area (Å²) < 4.78 is 10.6. The highest BCUT2D eigenvalue weighted by atomic mass is 32.1. The van der Waals surface area contributed by atoms with Crippen molar-refractivity contribution in [3.63, 3.8) is 0 Å². The number of hydrogen-bond donors (Lipinski definition) is 0. The summed E-state index contributed by atoms with van der Waals surface area (Å²) >= 11 is 1.13. The van der Waals surface area contributed by atoms with Gasteiger partial charge in [0.15, 0.2) is 0 Å². The summed E-state index contributed by atoms with van der Waals surface area (Å²) in [7, 11) is 3.23. The summed E-state index contributed by atoms with van der Waals surface area (Å²) in [5.41, 5.74) is -0.0220. The Morgan fingerprint density at radius 1 is 1.29 bits per heavy atom. The van der Waals surface area contributed by atoms with Gasteiger partial charge in [-0.05, 0) is 31.2 Å². The first kappa shape index (κ1) is 17.7. The Labute approximate surface area is 143 Å². The van der Waals surface area contributed by atoms with E-state index in [1.807, 2.05) is 0 Å². The maximum Gasteiger partial charge on any atom is 0.283 e. The molecule has 2 rings (SSSR count). The second-order valence-corrected chi connectivity index (χ2v) is 6.32. The smallest absolute Gasteiger partial charge is 0.283 e. The number of likely N-dealkylation sites (N-methyl/N-ethyl adjacent to an activating group) is 1. The highest BCUT2D eigenvalue weighted by Gasteiger charge is 2.21. The predicted octanol–water partition coefficient (Wildman–Crippen LogP) is 3.12. The lowest BCUT2D eigenvalue weighted by atomic mass is 10.3. The Balaban J connectivity index is 1.89. The SMILES string of the molecule is COc1ccc(OCCN(C)C(=O)c2cc([N+](=O)[O-])c(C)s2)cc1. The normalized spacial score (nSPS) is 10.3. The van der Waals surface area contributed by atoms with Crippen LogP contribution in [0, 0.1) is 17.0 Å². The number of carbonyl (C=O) groups excluding carboxylic acids is 1. The standard InChI is InChI=1S/C16H18N2O5S/c1-11-14(18(20)21)10-15(24-11)16(19)17(2)8-9-23-13-6-4-12(22-3)5-7-13/h4-7,10H,8-9H2,1-3H3. The van der Waals surface area contributed by atoms with Crippen LogP contribution in [0.15, 0.2) is 30.3 Å². The number of benzene rings is 1. The molecule has 0 atom stereocenters. The van der Waals surface area contributed by atoms with Crippen LogP contribution in [0.4, 0.5) is 5.69 Å². The van der Waals surface area contributed by atoms with Crippen LogP contribution in [0.5, 0.6) is 11.5 Å². The molecule has 0 aliphatic heterocycles. The quantitative estimate of drug-likeness (QED) is 0.566. The fourth-order valence-corrected chi connectivity index (χ4v) is 3.00. The zero-order valence-corrected chi connectivity index (χ0v) is 14.5. The van der Waals surface area contributed by atoms with Gasteiger partial charge in [0.25, 0.3) is 11.6 Å². The highest BCUT2D eigenvalue weighted by molar-refractivity contribution is 7.14. The molecule has 8 heteroatoms. The first-order chi connectivity index (χ1) is 11.4. The Kier molecular flexibility index (Phi) is 5.75. The lowest BCUT2D eigenvalue weighted by molar-refractivity contribution is -0.385. The number of ether oxygens (including phenoxy) is 2. The minimum absolute atomic E-state index is 0.0220. The number of thiophene rings is 1. The maximum atomic E-state index is 12.3. The van der Waals surface area contributed by atoms with E-state index in [1.165, 1.54) is 11.0 Å². The van der Waals surface area contributed by atoms with Crippen molar-refractivity contribution in [3.05, 3.63) is 50.2 Å². The van der Waals surface area contributed by atoms with E-state index in [1.54, 1.807) is 45.3 Å². The van der Waals surface area contributed by atoms with E-state index in [9.17, 15) is 14.9 Å². The average molecular weight is 350 g/mol. The molecule has 24 heavy (non-hydrogen) atoms. The van der Waals surface area contributed by atoms with Gasteiger partial charge in [0.2, 0.25) is 0 Å². The number of methoxy groups -OCH3 is 1. The molecule has 1 aromatic carbocycles. The highest BCUT2D eigenvalue weighted by Crippen LogP contribution is 2.28. The molecule has 0 bridgehead atoms. The summed E-state index contributed by atoms with van der Waals surface area (Å²) in [6, 6.07) is 8.47. The van der Waals surface area contributed by atoms with Crippen molar-refractivity contribution in [1.82, 2.24) is 4.90 Å². The Hall–Kier alpha value is -2.61. The average Bonchev–Trinajstić information content (AvgIpc) is 2.96. The first-order valence-electron chi connectivity index (χ1n) is 7.19. The molecular weight excluding hydrogens is 332 g/mol. The van der Waals surface area contributed by atoms with Gasteiger partial charge in [-0.1, -0.05) is 0 Å². The van der Waals surface area contributed by atoms with Crippen LogP contribution in [-0.4, -0.2) is 43.0 Å². The largest absolute Gasteiger partial charge is 0.497 e. The molecule has 0 spiro atoms. The molecular formula is C16H18N2O5S. The second kappa shape index (κ2) is 7.78. The van der Waals surface area contributed by atoms with E-state index in [0.717, 1.165) is 17.1 Å². The summed E-state index contributed by atoms with van der Waals surface area (Å²) in [6.07, 6.45) is 0. The van der Waals surface area contributed by atoms with Crippen LogP contribution in [0.25, 0.3) is 0 Å². The lowest BCUT2D eigenvalue weighted by Crippen LogP contribution is -2.30. The van der Waals surface area contributed by atoms with Crippen LogP contribution in [0.2, 0.25) is 0 Å². The van der Waals surface area contributed by atoms with Gasteiger partial charge in [-0.3, -0.25) is 14.9 Å². The van der Waals surface area contributed by atoms with Gasteiger partial charge in [0, 0.05) is 13.1 Å². The van der Waals surface area contributed by atoms with Gasteiger partial charge in [-0.2, -0.15) is 0 Å². The van der Waals surface area contributed by atoms with Crippen molar-refractivity contribution in [2.45, 2.75) is 6.92 Å². The van der Waals surface area contributed by atoms with Gasteiger partial charge < -0.3 is 14.4 Å². The minimum atomic E-state index is -0.477. The van der Waals surface area contributed by atoms with E-state index in [2.05, 4.69) is 0 Å². The zero-order chi connectivity index (χ0) is 17.7. The number of rotatable bonds is 7. The van der Waals surface area contributed by atoms with Crippen LogP contribution in [-0.2, 0) is 0 Å². The van der Waals surface area contributed by atoms with E-state index in [-0.39, 0.29) is 11.6 Å². The maximum absolute atomic E-state index is 12.3. The van der Waals surface area contributed by atoms with Gasteiger partial charge in [0.05, 0.1) is 28.3 Å². The third kappa shape index (κ3) is 4.23. The van der Waals surface area contributed by atoms with Crippen molar-refractivity contribution < 1.29 is 19.2 Å². The topological polar surface area (TPSA) is 81.9 Å². The Bertz CT molecular complexity index is 727. The van der Waals surface area contributed by atoms with Crippen LogP contribution in [0.3, 0.4) is 0 Å². The molecule has 1 amide bonds. The zero-order valence-electron chi connectivity index (χ0n) is 13.6. The minimum Gasteiger partial charge on any atom is -0.497 e. The van der Waals surface area contributed by atoms with E-state index >= 15 is 0 Å². The fraction of sp³-hybridized carbons (Fsp3) is 0.312. The molecule has 0 fully saturated rings. The number of hydrogen-bond acceptors (Lipinski definition) is 6. The van der Waals surface area contributed by atoms with Crippen molar-refractivity contribution in [2.24, 2.45) is 0 Å². The molecule has 7 nitrogen and oxygen atoms in total. The van der Waals surface area contributed by atoms with Crippen molar-refractivity contribution in [1.29, 1.82) is 0 Å². The second-order valence-electron chi connectivity index (χ2n) is 5.06. The van der Waals surface area contributed by atoms with Crippen molar-refractivity contribution in [2.75, 3.05) is 27.3 Å². The number of nitrogens with zero attached hydrogens (tertiary/aromatic N) is 2. The molecule has 0 aliphatic carbocycles. The van der Waals surface area contributed by atoms with E-state index in [4.69, 9.17) is 9.47 Å². The molecule has 0 aliphatic rings. The third-order valence-corrected chi connectivity index (χ3v) is 4.43. The van der Waals surface area contributed by atoms with Crippen molar-refractivity contribution in [3.8, 4) is 11.5 Å². The van der Waals surface area contributed by atoms with Gasteiger partial charge >= 0.3 is 0 Å². The van der Waals surface area contributed by atoms with E-state index in [0.29, 0.717) is 28.7 Å². The van der Waals surface area contributed by atoms with Gasteiger partial charge in [0.1, 0.15) is 18.1 Å². The monoisotopic (exact) mass is 350 g/mol. The molecule has 0 radical (unpaired) electrons. The van der Waals surface area contributed by atoms with Crippen LogP contribution in [0.1, 0.15) is 14.5 Å². The molecule has 0 saturated carbocycles. The van der Waals surface area contributed by atoms with E-state index < -0.39 is 4.92 Å². The summed E-state index contributed by atoms with van der Waals surface area (Å²) in [5, 5.41) is 10.9. The molecule has 0 unspecified atom stereocenters. The summed E-state index contributed by atoms with van der Waals surface area (Å²) in [5.74, 6) is 1.16. The fourth-order valence-electron chi connectivity index (χ4n) is 2.02. The molecule has 128 valence electrons. The molecule has 1 aromatic heterocycles. The summed E-state index contributed by atoms with van der Waals surface area (Å²) in [4.78, 5) is 25.0. The number of carbonyl (C=O) groups is 1. The molecule has 1 heterocycles. The van der Waals surface area contributed by atoms with Gasteiger partial charge in [-0.15, -0.1) is 11.3 Å². The lowest BCUT2D eigenvalue weighted by Gasteiger charge is -2.16. The third-order valence-electron chi connectivity index (χ3n) is 3.40. The number of aryl methyl sites for hydroxylation is 1. The van der Waals surface area contributed by atoms with Crippen molar-refractivity contribution >= 4 is 22.9 Å². The molecule has 0 saturated heterocycles. The first-order valence-corrected chi connectivity index (χ1v) is 8.01. The number of nitro groups is 1.